The summed E-state index contributed by atoms with van der Waals surface area (Å²) in [7, 11) is 1.60. The van der Waals surface area contributed by atoms with E-state index in [1.54, 1.807) is 13.2 Å². The summed E-state index contributed by atoms with van der Waals surface area (Å²) in [5.74, 6) is 2.29. The molecule has 1 unspecified atom stereocenters. The molecule has 0 spiro atoms. The second-order valence-electron chi connectivity index (χ2n) is 4.26. The van der Waals surface area contributed by atoms with Crippen LogP contribution in [0.4, 0.5) is 0 Å². The first-order chi connectivity index (χ1) is 8.29. The van der Waals surface area contributed by atoms with Gasteiger partial charge in [-0.25, -0.2) is 0 Å². The van der Waals surface area contributed by atoms with E-state index in [0.29, 0.717) is 18.0 Å². The van der Waals surface area contributed by atoms with Crippen LogP contribution in [0, 0.1) is 0 Å². The van der Waals surface area contributed by atoms with Crippen LogP contribution < -0.4 is 10.1 Å². The maximum atomic E-state index is 9.79. The second-order valence-corrected chi connectivity index (χ2v) is 5.67. The van der Waals surface area contributed by atoms with E-state index in [1.807, 2.05) is 23.9 Å². The first-order valence-electron chi connectivity index (χ1n) is 5.98. The van der Waals surface area contributed by atoms with Gasteiger partial charge in [0.25, 0.3) is 0 Å². The second kappa shape index (κ2) is 6.17. The van der Waals surface area contributed by atoms with Crippen molar-refractivity contribution in [2.75, 3.05) is 19.4 Å². The third kappa shape index (κ3) is 3.54. The van der Waals surface area contributed by atoms with Gasteiger partial charge in [-0.15, -0.1) is 0 Å². The molecule has 4 heteroatoms. The lowest BCUT2D eigenvalue weighted by molar-refractivity contribution is 0.406. The molecule has 94 valence electrons. The summed E-state index contributed by atoms with van der Waals surface area (Å²) < 4.78 is 5.05. The van der Waals surface area contributed by atoms with Crippen LogP contribution in [0.5, 0.6) is 11.5 Å². The van der Waals surface area contributed by atoms with Crippen LogP contribution in [-0.4, -0.2) is 29.8 Å². The van der Waals surface area contributed by atoms with Crippen LogP contribution in [-0.2, 0) is 6.54 Å². The molecule has 0 radical (unpaired) electrons. The highest BCUT2D eigenvalue weighted by molar-refractivity contribution is 8.00. The summed E-state index contributed by atoms with van der Waals surface area (Å²) in [6.45, 7) is 1.74. The first kappa shape index (κ1) is 12.6. The van der Waals surface area contributed by atoms with Crippen molar-refractivity contribution in [1.82, 2.24) is 5.32 Å². The van der Waals surface area contributed by atoms with E-state index in [2.05, 4.69) is 5.32 Å². The summed E-state index contributed by atoms with van der Waals surface area (Å²) in [6.07, 6.45) is 2.65. The molecule has 1 aromatic rings. The van der Waals surface area contributed by atoms with Crippen molar-refractivity contribution in [1.29, 1.82) is 0 Å². The lowest BCUT2D eigenvalue weighted by Gasteiger charge is -2.11. The number of thioether (sulfide) groups is 1. The number of benzene rings is 1. The number of ether oxygens (including phenoxy) is 1. The van der Waals surface area contributed by atoms with Crippen molar-refractivity contribution < 1.29 is 9.84 Å². The Labute approximate surface area is 107 Å². The van der Waals surface area contributed by atoms with Gasteiger partial charge >= 0.3 is 0 Å². The summed E-state index contributed by atoms with van der Waals surface area (Å²) in [4.78, 5) is 0. The van der Waals surface area contributed by atoms with E-state index in [-0.39, 0.29) is 0 Å². The van der Waals surface area contributed by atoms with E-state index < -0.39 is 0 Å². The highest BCUT2D eigenvalue weighted by Gasteiger charge is 2.14. The molecule has 0 bridgehead atoms. The third-order valence-corrected chi connectivity index (χ3v) is 4.40. The van der Waals surface area contributed by atoms with Gasteiger partial charge in [-0.2, -0.15) is 11.8 Å². The number of hydrogen-bond acceptors (Lipinski definition) is 4. The predicted octanol–water partition coefficient (Wildman–Crippen LogP) is 2.39. The zero-order valence-electron chi connectivity index (χ0n) is 10.1. The maximum Gasteiger partial charge on any atom is 0.123 e. The molecule has 1 atom stereocenters. The van der Waals surface area contributed by atoms with Gasteiger partial charge in [-0.1, -0.05) is 6.07 Å². The summed E-state index contributed by atoms with van der Waals surface area (Å²) in [5.41, 5.74) is 0.925. The standard InChI is InChI=1S/C13H19NO2S/c1-16-11-5-4-10(13(15)7-11)8-14-9-12-3-2-6-17-12/h4-5,7,12,14-15H,2-3,6,8-9H2,1H3. The van der Waals surface area contributed by atoms with Gasteiger partial charge in [0.1, 0.15) is 11.5 Å². The fourth-order valence-corrected chi connectivity index (χ4v) is 3.23. The van der Waals surface area contributed by atoms with Crippen LogP contribution >= 0.6 is 11.8 Å². The Morgan fingerprint density at radius 2 is 2.41 bits per heavy atom. The fraction of sp³-hybridized carbons (Fsp3) is 0.538. The molecule has 0 aliphatic carbocycles. The first-order valence-corrected chi connectivity index (χ1v) is 7.02. The van der Waals surface area contributed by atoms with Crippen LogP contribution in [0.3, 0.4) is 0 Å². The van der Waals surface area contributed by atoms with E-state index >= 15 is 0 Å². The van der Waals surface area contributed by atoms with Gasteiger partial charge in [0.2, 0.25) is 0 Å². The van der Waals surface area contributed by atoms with Crippen molar-refractivity contribution in [3.8, 4) is 11.5 Å². The van der Waals surface area contributed by atoms with Crippen molar-refractivity contribution in [2.24, 2.45) is 0 Å². The molecular formula is C13H19NO2S. The van der Waals surface area contributed by atoms with Crippen molar-refractivity contribution in [2.45, 2.75) is 24.6 Å². The van der Waals surface area contributed by atoms with Crippen molar-refractivity contribution in [3.63, 3.8) is 0 Å². The largest absolute Gasteiger partial charge is 0.507 e. The zero-order chi connectivity index (χ0) is 12.1. The molecule has 2 rings (SSSR count). The Balaban J connectivity index is 1.81. The Morgan fingerprint density at radius 3 is 3.06 bits per heavy atom. The average Bonchev–Trinajstić information content (AvgIpc) is 2.84. The molecule has 1 aliphatic heterocycles. The summed E-state index contributed by atoms with van der Waals surface area (Å²) in [5, 5.41) is 13.9. The van der Waals surface area contributed by atoms with Gasteiger partial charge in [-0.05, 0) is 24.7 Å². The molecule has 0 amide bonds. The van der Waals surface area contributed by atoms with Gasteiger partial charge in [0.05, 0.1) is 7.11 Å². The van der Waals surface area contributed by atoms with E-state index in [9.17, 15) is 5.11 Å². The molecule has 1 aliphatic rings. The normalized spacial score (nSPS) is 19.5. The maximum absolute atomic E-state index is 9.79. The molecule has 1 aromatic carbocycles. The molecule has 1 fully saturated rings. The number of phenolic OH excluding ortho intramolecular Hbond substituents is 1. The number of rotatable bonds is 5. The summed E-state index contributed by atoms with van der Waals surface area (Å²) >= 11 is 2.04. The van der Waals surface area contributed by atoms with E-state index in [4.69, 9.17) is 4.74 Å². The summed E-state index contributed by atoms with van der Waals surface area (Å²) in [6, 6.07) is 5.44. The Kier molecular flexibility index (Phi) is 4.57. The Morgan fingerprint density at radius 1 is 1.53 bits per heavy atom. The molecule has 17 heavy (non-hydrogen) atoms. The minimum atomic E-state index is 0.302. The van der Waals surface area contributed by atoms with Crippen molar-refractivity contribution in [3.05, 3.63) is 23.8 Å². The zero-order valence-corrected chi connectivity index (χ0v) is 10.9. The minimum Gasteiger partial charge on any atom is -0.507 e. The van der Waals surface area contributed by atoms with Crippen LogP contribution in [0.15, 0.2) is 18.2 Å². The van der Waals surface area contributed by atoms with Crippen LogP contribution in [0.2, 0.25) is 0 Å². The van der Waals surface area contributed by atoms with Gasteiger partial charge in [0, 0.05) is 30.0 Å². The Bertz CT molecular complexity index is 364. The molecule has 0 saturated carbocycles. The number of aromatic hydroxyl groups is 1. The fourth-order valence-electron chi connectivity index (χ4n) is 1.99. The van der Waals surface area contributed by atoms with Crippen LogP contribution in [0.25, 0.3) is 0 Å². The molecule has 2 N–H and O–H groups in total. The quantitative estimate of drug-likeness (QED) is 0.845. The Hall–Kier alpha value is -0.870. The number of nitrogens with one attached hydrogen (secondary N) is 1. The lowest BCUT2D eigenvalue weighted by atomic mass is 10.2. The van der Waals surface area contributed by atoms with Crippen molar-refractivity contribution >= 4 is 11.8 Å². The number of hydrogen-bond donors (Lipinski definition) is 2. The number of phenols is 1. The SMILES string of the molecule is COc1ccc(CNCC2CCCS2)c(O)c1. The van der Waals surface area contributed by atoms with E-state index in [0.717, 1.165) is 17.4 Å². The van der Waals surface area contributed by atoms with Crippen LogP contribution in [0.1, 0.15) is 18.4 Å². The van der Waals surface area contributed by atoms with Gasteiger partial charge < -0.3 is 15.2 Å². The van der Waals surface area contributed by atoms with Gasteiger partial charge in [0.15, 0.2) is 0 Å². The molecule has 1 saturated heterocycles. The molecule has 0 aromatic heterocycles. The lowest BCUT2D eigenvalue weighted by Crippen LogP contribution is -2.22. The highest BCUT2D eigenvalue weighted by Crippen LogP contribution is 2.26. The monoisotopic (exact) mass is 253 g/mol. The predicted molar refractivity (Wildman–Crippen MR) is 71.8 cm³/mol. The smallest absolute Gasteiger partial charge is 0.123 e. The van der Waals surface area contributed by atoms with Gasteiger partial charge in [-0.3, -0.25) is 0 Å². The third-order valence-electron chi connectivity index (χ3n) is 3.00. The molecular weight excluding hydrogens is 234 g/mol. The molecule has 3 nitrogen and oxygen atoms in total. The van der Waals surface area contributed by atoms with E-state index in [1.165, 1.54) is 18.6 Å². The average molecular weight is 253 g/mol. The molecule has 1 heterocycles. The minimum absolute atomic E-state index is 0.302. The highest BCUT2D eigenvalue weighted by atomic mass is 32.2. The topological polar surface area (TPSA) is 41.5 Å². The number of methoxy groups -OCH3 is 1.